The Balaban J connectivity index is 2.53. The van der Waals surface area contributed by atoms with Crippen LogP contribution in [0.15, 0.2) is 0 Å². The normalized spacial score (nSPS) is 23.9. The first kappa shape index (κ1) is 15.7. The lowest BCUT2D eigenvalue weighted by molar-refractivity contribution is -0.138. The summed E-state index contributed by atoms with van der Waals surface area (Å²) in [4.78, 5) is 23.9. The molecule has 2 unspecified atom stereocenters. The number of aliphatic carboxylic acids is 1. The number of ether oxygens (including phenoxy) is 1. The molecule has 1 heterocycles. The van der Waals surface area contributed by atoms with Gasteiger partial charge in [-0.25, -0.2) is 4.79 Å². The number of carbonyl (C=O) groups excluding carboxylic acids is 1. The highest BCUT2D eigenvalue weighted by atomic mass is 16.5. The Bertz CT molecular complexity index is 310. The number of likely N-dealkylation sites (tertiary alicyclic amines) is 1. The van der Waals surface area contributed by atoms with Crippen LogP contribution in [0.3, 0.4) is 0 Å². The molecular weight excluding hydrogens is 252 g/mol. The SMILES string of the molecule is CCOC(=O)NC1CC(CCO)CN(CC(=O)O)C1. The lowest BCUT2D eigenvalue weighted by atomic mass is 9.92. The van der Waals surface area contributed by atoms with Crippen LogP contribution in [-0.2, 0) is 9.53 Å². The summed E-state index contributed by atoms with van der Waals surface area (Å²) < 4.78 is 4.82. The Morgan fingerprint density at radius 1 is 1.42 bits per heavy atom. The molecule has 0 aliphatic carbocycles. The fraction of sp³-hybridized carbons (Fsp3) is 0.833. The molecule has 1 aliphatic heterocycles. The van der Waals surface area contributed by atoms with E-state index in [2.05, 4.69) is 5.32 Å². The lowest BCUT2D eigenvalue weighted by Gasteiger charge is -2.36. The van der Waals surface area contributed by atoms with Gasteiger partial charge < -0.3 is 20.3 Å². The van der Waals surface area contributed by atoms with Crippen LogP contribution >= 0.6 is 0 Å². The van der Waals surface area contributed by atoms with Gasteiger partial charge in [-0.1, -0.05) is 0 Å². The van der Waals surface area contributed by atoms with Crippen LogP contribution in [0, 0.1) is 5.92 Å². The number of alkyl carbamates (subject to hydrolysis) is 1. The van der Waals surface area contributed by atoms with Gasteiger partial charge in [0, 0.05) is 25.7 Å². The fourth-order valence-electron chi connectivity index (χ4n) is 2.46. The molecule has 0 radical (unpaired) electrons. The zero-order valence-electron chi connectivity index (χ0n) is 11.2. The summed E-state index contributed by atoms with van der Waals surface area (Å²) in [6.45, 7) is 3.17. The molecule has 0 bridgehead atoms. The molecule has 1 aliphatic rings. The molecule has 2 atom stereocenters. The summed E-state index contributed by atoms with van der Waals surface area (Å²) in [5.74, 6) is -0.704. The minimum absolute atomic E-state index is 0.0526. The fourth-order valence-corrected chi connectivity index (χ4v) is 2.46. The smallest absolute Gasteiger partial charge is 0.407 e. The number of hydrogen-bond donors (Lipinski definition) is 3. The number of aliphatic hydroxyl groups is 1. The maximum absolute atomic E-state index is 11.4. The van der Waals surface area contributed by atoms with Gasteiger partial charge in [0.25, 0.3) is 0 Å². The number of hydrogen-bond acceptors (Lipinski definition) is 5. The largest absolute Gasteiger partial charge is 0.480 e. The highest BCUT2D eigenvalue weighted by Crippen LogP contribution is 2.19. The van der Waals surface area contributed by atoms with Crippen molar-refractivity contribution >= 4 is 12.1 Å². The number of amides is 1. The van der Waals surface area contributed by atoms with Gasteiger partial charge in [-0.3, -0.25) is 9.69 Å². The Hall–Kier alpha value is -1.34. The summed E-state index contributed by atoms with van der Waals surface area (Å²) in [5, 5.41) is 20.6. The van der Waals surface area contributed by atoms with E-state index in [0.29, 0.717) is 26.1 Å². The molecule has 3 N–H and O–H groups in total. The third-order valence-corrected chi connectivity index (χ3v) is 3.11. The molecule has 1 fully saturated rings. The van der Waals surface area contributed by atoms with Crippen LogP contribution in [0.4, 0.5) is 4.79 Å². The van der Waals surface area contributed by atoms with Crippen LogP contribution < -0.4 is 5.32 Å². The van der Waals surface area contributed by atoms with E-state index in [1.54, 1.807) is 11.8 Å². The second-order valence-corrected chi connectivity index (χ2v) is 4.76. The van der Waals surface area contributed by atoms with Crippen molar-refractivity contribution in [1.29, 1.82) is 0 Å². The van der Waals surface area contributed by atoms with Gasteiger partial charge in [0.2, 0.25) is 0 Å². The van der Waals surface area contributed by atoms with Crippen LogP contribution in [0.1, 0.15) is 19.8 Å². The zero-order valence-corrected chi connectivity index (χ0v) is 11.2. The van der Waals surface area contributed by atoms with E-state index in [-0.39, 0.29) is 25.1 Å². The van der Waals surface area contributed by atoms with Crippen molar-refractivity contribution in [2.45, 2.75) is 25.8 Å². The summed E-state index contributed by atoms with van der Waals surface area (Å²) in [6, 6.07) is -0.135. The van der Waals surface area contributed by atoms with Crippen molar-refractivity contribution in [2.24, 2.45) is 5.92 Å². The van der Waals surface area contributed by atoms with Gasteiger partial charge in [-0.15, -0.1) is 0 Å². The van der Waals surface area contributed by atoms with Crippen molar-refractivity contribution in [2.75, 3.05) is 32.8 Å². The standard InChI is InChI=1S/C12H22N2O5/c1-2-19-12(18)13-10-5-9(3-4-15)6-14(7-10)8-11(16)17/h9-10,15H,2-8H2,1H3,(H,13,18)(H,16,17). The van der Waals surface area contributed by atoms with E-state index in [4.69, 9.17) is 14.9 Å². The van der Waals surface area contributed by atoms with Crippen LogP contribution in [-0.4, -0.2) is 66.1 Å². The molecule has 7 heteroatoms. The summed E-state index contributed by atoms with van der Waals surface area (Å²) in [7, 11) is 0. The van der Waals surface area contributed by atoms with E-state index in [1.807, 2.05) is 0 Å². The molecule has 0 spiro atoms. The molecule has 0 aromatic heterocycles. The number of aliphatic hydroxyl groups excluding tert-OH is 1. The second-order valence-electron chi connectivity index (χ2n) is 4.76. The summed E-state index contributed by atoms with van der Waals surface area (Å²) >= 11 is 0. The monoisotopic (exact) mass is 274 g/mol. The number of piperidine rings is 1. The Labute approximate surface area is 112 Å². The molecule has 1 saturated heterocycles. The van der Waals surface area contributed by atoms with E-state index >= 15 is 0 Å². The van der Waals surface area contributed by atoms with Crippen molar-refractivity contribution in [3.8, 4) is 0 Å². The van der Waals surface area contributed by atoms with Crippen molar-refractivity contribution in [1.82, 2.24) is 10.2 Å². The first-order chi connectivity index (χ1) is 9.05. The number of carboxylic acids is 1. The summed E-state index contributed by atoms with van der Waals surface area (Å²) in [5.41, 5.74) is 0. The molecule has 110 valence electrons. The predicted octanol–water partition coefficient (Wildman–Crippen LogP) is -0.110. The van der Waals surface area contributed by atoms with Crippen LogP contribution in [0.5, 0.6) is 0 Å². The quantitative estimate of drug-likeness (QED) is 0.625. The van der Waals surface area contributed by atoms with Crippen molar-refractivity contribution in [3.63, 3.8) is 0 Å². The van der Waals surface area contributed by atoms with Crippen molar-refractivity contribution < 1.29 is 24.5 Å². The van der Waals surface area contributed by atoms with Gasteiger partial charge in [0.15, 0.2) is 0 Å². The van der Waals surface area contributed by atoms with Crippen LogP contribution in [0.2, 0.25) is 0 Å². The van der Waals surface area contributed by atoms with E-state index in [1.165, 1.54) is 0 Å². The van der Waals surface area contributed by atoms with Gasteiger partial charge in [0.1, 0.15) is 0 Å². The maximum Gasteiger partial charge on any atom is 0.407 e. The maximum atomic E-state index is 11.4. The highest BCUT2D eigenvalue weighted by molar-refractivity contribution is 5.69. The average molecular weight is 274 g/mol. The third-order valence-electron chi connectivity index (χ3n) is 3.11. The Morgan fingerprint density at radius 3 is 2.74 bits per heavy atom. The summed E-state index contributed by atoms with van der Waals surface area (Å²) in [6.07, 6.45) is 0.861. The van der Waals surface area contributed by atoms with E-state index in [0.717, 1.165) is 6.42 Å². The lowest BCUT2D eigenvalue weighted by Crippen LogP contribution is -2.52. The molecule has 19 heavy (non-hydrogen) atoms. The van der Waals surface area contributed by atoms with E-state index in [9.17, 15) is 9.59 Å². The van der Waals surface area contributed by atoms with Crippen LogP contribution in [0.25, 0.3) is 0 Å². The molecule has 1 amide bonds. The first-order valence-electron chi connectivity index (χ1n) is 6.53. The number of rotatable bonds is 6. The molecule has 0 aromatic rings. The molecule has 0 saturated carbocycles. The van der Waals surface area contributed by atoms with E-state index < -0.39 is 12.1 Å². The molecule has 0 aromatic carbocycles. The topological polar surface area (TPSA) is 99.1 Å². The average Bonchev–Trinajstić information content (AvgIpc) is 2.28. The van der Waals surface area contributed by atoms with Gasteiger partial charge in [-0.05, 0) is 25.7 Å². The van der Waals surface area contributed by atoms with Gasteiger partial charge in [0.05, 0.1) is 13.2 Å². The molecule has 1 rings (SSSR count). The Morgan fingerprint density at radius 2 is 2.16 bits per heavy atom. The number of carboxylic acid groups (broad SMARTS) is 1. The minimum Gasteiger partial charge on any atom is -0.480 e. The number of nitrogens with one attached hydrogen (secondary N) is 1. The first-order valence-corrected chi connectivity index (χ1v) is 6.53. The van der Waals surface area contributed by atoms with Crippen molar-refractivity contribution in [3.05, 3.63) is 0 Å². The highest BCUT2D eigenvalue weighted by Gasteiger charge is 2.29. The van der Waals surface area contributed by atoms with Gasteiger partial charge in [-0.2, -0.15) is 0 Å². The van der Waals surface area contributed by atoms with Gasteiger partial charge >= 0.3 is 12.1 Å². The third kappa shape index (κ3) is 5.89. The predicted molar refractivity (Wildman–Crippen MR) is 67.8 cm³/mol. The Kier molecular flexibility index (Phi) is 6.58. The second kappa shape index (κ2) is 7.96. The molecule has 7 nitrogen and oxygen atoms in total. The zero-order chi connectivity index (χ0) is 14.3. The number of carbonyl (C=O) groups is 2. The minimum atomic E-state index is -0.889. The molecular formula is C12H22N2O5. The number of nitrogens with zero attached hydrogens (tertiary/aromatic N) is 1.